The van der Waals surface area contributed by atoms with Gasteiger partial charge in [0.05, 0.1) is 18.7 Å². The van der Waals surface area contributed by atoms with E-state index in [0.717, 1.165) is 13.1 Å². The van der Waals surface area contributed by atoms with E-state index in [1.807, 2.05) is 23.1 Å². The molecule has 0 bridgehead atoms. The number of anilines is 1. The van der Waals surface area contributed by atoms with Gasteiger partial charge in [0.25, 0.3) is 5.91 Å². The molecular weight excluding hydrogens is 376 g/mol. The Labute approximate surface area is 171 Å². The number of hydrogen-bond donors (Lipinski definition) is 0. The zero-order valence-corrected chi connectivity index (χ0v) is 17.4. The van der Waals surface area contributed by atoms with Crippen LogP contribution in [0.1, 0.15) is 24.2 Å². The molecule has 1 amide bonds. The van der Waals surface area contributed by atoms with Gasteiger partial charge >= 0.3 is 0 Å². The smallest absolute Gasteiger partial charge is 0.254 e. The summed E-state index contributed by atoms with van der Waals surface area (Å²) in [6.45, 7) is 7.59. The maximum absolute atomic E-state index is 13.0. The van der Waals surface area contributed by atoms with E-state index in [9.17, 15) is 4.79 Å². The Hall–Kier alpha value is -2.40. The molecule has 1 saturated heterocycles. The highest BCUT2D eigenvalue weighted by molar-refractivity contribution is 6.32. The molecule has 2 aromatic carbocycles. The van der Waals surface area contributed by atoms with Gasteiger partial charge in [0, 0.05) is 37.4 Å². The van der Waals surface area contributed by atoms with Gasteiger partial charge in [0.2, 0.25) is 0 Å². The topological polar surface area (TPSA) is 42.0 Å². The molecule has 150 valence electrons. The molecule has 3 rings (SSSR count). The first-order valence-electron chi connectivity index (χ1n) is 9.59. The summed E-state index contributed by atoms with van der Waals surface area (Å²) in [6.07, 6.45) is 0. The van der Waals surface area contributed by atoms with Gasteiger partial charge in [0.15, 0.2) is 11.5 Å². The van der Waals surface area contributed by atoms with Crippen molar-refractivity contribution < 1.29 is 14.3 Å². The van der Waals surface area contributed by atoms with Crippen molar-refractivity contribution in [3.8, 4) is 11.5 Å². The molecule has 2 aromatic rings. The highest BCUT2D eigenvalue weighted by atomic mass is 35.5. The van der Waals surface area contributed by atoms with Gasteiger partial charge in [-0.25, -0.2) is 0 Å². The summed E-state index contributed by atoms with van der Waals surface area (Å²) in [6, 6.07) is 13.7. The number of ether oxygens (including phenoxy) is 2. The van der Waals surface area contributed by atoms with Crippen molar-refractivity contribution in [1.82, 2.24) is 4.90 Å². The predicted octanol–water partition coefficient (Wildman–Crippen LogP) is 4.35. The van der Waals surface area contributed by atoms with Gasteiger partial charge in [-0.1, -0.05) is 43.6 Å². The van der Waals surface area contributed by atoms with E-state index >= 15 is 0 Å². The Morgan fingerprint density at radius 1 is 1.11 bits per heavy atom. The molecule has 1 fully saturated rings. The Kier molecular flexibility index (Phi) is 6.68. The average Bonchev–Trinajstić information content (AvgIpc) is 2.72. The molecule has 1 heterocycles. The second-order valence-corrected chi connectivity index (χ2v) is 7.72. The zero-order valence-electron chi connectivity index (χ0n) is 16.7. The van der Waals surface area contributed by atoms with Crippen LogP contribution < -0.4 is 14.4 Å². The van der Waals surface area contributed by atoms with E-state index in [0.29, 0.717) is 47.7 Å². The van der Waals surface area contributed by atoms with Crippen LogP contribution in [-0.4, -0.2) is 50.7 Å². The van der Waals surface area contributed by atoms with Crippen molar-refractivity contribution in [1.29, 1.82) is 0 Å². The van der Waals surface area contributed by atoms with E-state index in [1.165, 1.54) is 5.69 Å². The predicted molar refractivity (Wildman–Crippen MR) is 113 cm³/mol. The first-order valence-corrected chi connectivity index (χ1v) is 9.97. The summed E-state index contributed by atoms with van der Waals surface area (Å²) in [5.41, 5.74) is 1.71. The van der Waals surface area contributed by atoms with Crippen LogP contribution in [-0.2, 0) is 0 Å². The van der Waals surface area contributed by atoms with Gasteiger partial charge in [-0.2, -0.15) is 0 Å². The molecule has 28 heavy (non-hydrogen) atoms. The normalized spacial score (nSPS) is 14.3. The molecule has 0 unspecified atom stereocenters. The first kappa shape index (κ1) is 20.3. The number of para-hydroxylation sites is 1. The van der Waals surface area contributed by atoms with Crippen molar-refractivity contribution in [3.05, 3.63) is 53.1 Å². The second kappa shape index (κ2) is 9.20. The number of benzene rings is 2. The lowest BCUT2D eigenvalue weighted by Crippen LogP contribution is -2.48. The summed E-state index contributed by atoms with van der Waals surface area (Å²) >= 11 is 6.40. The van der Waals surface area contributed by atoms with Crippen LogP contribution >= 0.6 is 11.6 Å². The third-order valence-corrected chi connectivity index (χ3v) is 5.01. The Balaban J connectivity index is 1.70. The lowest BCUT2D eigenvalue weighted by atomic mass is 10.1. The van der Waals surface area contributed by atoms with Crippen LogP contribution in [0.3, 0.4) is 0 Å². The summed E-state index contributed by atoms with van der Waals surface area (Å²) in [5, 5.41) is 0.395. The summed E-state index contributed by atoms with van der Waals surface area (Å²) < 4.78 is 11.2. The molecular formula is C22H27ClN2O3. The van der Waals surface area contributed by atoms with Crippen LogP contribution in [0.25, 0.3) is 0 Å². The number of amides is 1. The van der Waals surface area contributed by atoms with Crippen LogP contribution in [0, 0.1) is 5.92 Å². The van der Waals surface area contributed by atoms with E-state index < -0.39 is 0 Å². The SMILES string of the molecule is COc1cc(C(=O)N2CCN(c3ccccc3)CC2)cc(Cl)c1OCC(C)C. The molecule has 0 N–H and O–H groups in total. The molecule has 0 radical (unpaired) electrons. The average molecular weight is 403 g/mol. The molecule has 0 saturated carbocycles. The van der Waals surface area contributed by atoms with Crippen molar-refractivity contribution in [2.45, 2.75) is 13.8 Å². The van der Waals surface area contributed by atoms with Crippen LogP contribution in [0.2, 0.25) is 5.02 Å². The van der Waals surface area contributed by atoms with Crippen LogP contribution in [0.15, 0.2) is 42.5 Å². The van der Waals surface area contributed by atoms with Gasteiger partial charge < -0.3 is 19.3 Å². The fourth-order valence-corrected chi connectivity index (χ4v) is 3.49. The van der Waals surface area contributed by atoms with E-state index in [2.05, 4.69) is 30.9 Å². The fourth-order valence-electron chi connectivity index (χ4n) is 3.22. The number of carbonyl (C=O) groups is 1. The van der Waals surface area contributed by atoms with Crippen LogP contribution in [0.5, 0.6) is 11.5 Å². The van der Waals surface area contributed by atoms with Gasteiger partial charge in [0.1, 0.15) is 0 Å². The molecule has 5 nitrogen and oxygen atoms in total. The number of hydrogen-bond acceptors (Lipinski definition) is 4. The number of rotatable bonds is 6. The fraction of sp³-hybridized carbons (Fsp3) is 0.409. The number of halogens is 1. The quantitative estimate of drug-likeness (QED) is 0.720. The van der Waals surface area contributed by atoms with Gasteiger partial charge in [-0.05, 0) is 30.2 Å². The Bertz CT molecular complexity index is 803. The molecule has 1 aliphatic rings. The van der Waals surface area contributed by atoms with E-state index in [-0.39, 0.29) is 5.91 Å². The first-order chi connectivity index (χ1) is 13.5. The van der Waals surface area contributed by atoms with E-state index in [4.69, 9.17) is 21.1 Å². The third-order valence-electron chi connectivity index (χ3n) is 4.73. The van der Waals surface area contributed by atoms with Crippen molar-refractivity contribution in [2.75, 3.05) is 44.8 Å². The number of methoxy groups -OCH3 is 1. The van der Waals surface area contributed by atoms with Crippen LogP contribution in [0.4, 0.5) is 5.69 Å². The van der Waals surface area contributed by atoms with Crippen molar-refractivity contribution >= 4 is 23.2 Å². The number of piperazine rings is 1. The third kappa shape index (κ3) is 4.71. The summed E-state index contributed by atoms with van der Waals surface area (Å²) in [7, 11) is 1.56. The lowest BCUT2D eigenvalue weighted by Gasteiger charge is -2.36. The summed E-state index contributed by atoms with van der Waals surface area (Å²) in [4.78, 5) is 17.1. The number of carbonyl (C=O) groups excluding carboxylic acids is 1. The molecule has 6 heteroatoms. The Morgan fingerprint density at radius 2 is 1.79 bits per heavy atom. The maximum atomic E-state index is 13.0. The molecule has 1 aliphatic heterocycles. The molecule has 0 aliphatic carbocycles. The minimum Gasteiger partial charge on any atom is -0.493 e. The highest BCUT2D eigenvalue weighted by Gasteiger charge is 2.24. The zero-order chi connectivity index (χ0) is 20.1. The summed E-state index contributed by atoms with van der Waals surface area (Å²) in [5.74, 6) is 1.30. The standard InChI is InChI=1S/C22H27ClN2O3/c1-16(2)15-28-21-19(23)13-17(14-20(21)27-3)22(26)25-11-9-24(10-12-25)18-7-5-4-6-8-18/h4-8,13-14,16H,9-12,15H2,1-3H3. The molecule has 0 aromatic heterocycles. The van der Waals surface area contributed by atoms with Crippen molar-refractivity contribution in [3.63, 3.8) is 0 Å². The minimum absolute atomic E-state index is 0.0386. The Morgan fingerprint density at radius 3 is 2.39 bits per heavy atom. The monoisotopic (exact) mass is 402 g/mol. The number of nitrogens with zero attached hydrogens (tertiary/aromatic N) is 2. The molecule has 0 spiro atoms. The largest absolute Gasteiger partial charge is 0.493 e. The maximum Gasteiger partial charge on any atom is 0.254 e. The van der Waals surface area contributed by atoms with E-state index in [1.54, 1.807) is 19.2 Å². The lowest BCUT2D eigenvalue weighted by molar-refractivity contribution is 0.0746. The minimum atomic E-state index is -0.0386. The highest BCUT2D eigenvalue weighted by Crippen LogP contribution is 2.37. The second-order valence-electron chi connectivity index (χ2n) is 7.31. The van der Waals surface area contributed by atoms with Gasteiger partial charge in [-0.15, -0.1) is 0 Å². The van der Waals surface area contributed by atoms with Crippen molar-refractivity contribution in [2.24, 2.45) is 5.92 Å². The molecule has 0 atom stereocenters. The van der Waals surface area contributed by atoms with Gasteiger partial charge in [-0.3, -0.25) is 4.79 Å².